The smallest absolute Gasteiger partial charge is 0.123 e. The maximum atomic E-state index is 6.07. The predicted octanol–water partition coefficient (Wildman–Crippen LogP) is 4.29. The van der Waals surface area contributed by atoms with E-state index in [4.69, 9.17) is 27.9 Å². The second-order valence-electron chi connectivity index (χ2n) is 4.88. The van der Waals surface area contributed by atoms with Crippen LogP contribution in [0.3, 0.4) is 0 Å². The highest BCUT2D eigenvalue weighted by atomic mass is 35.5. The summed E-state index contributed by atoms with van der Waals surface area (Å²) in [4.78, 5) is 0. The van der Waals surface area contributed by atoms with Crippen molar-refractivity contribution in [3.8, 4) is 5.75 Å². The highest BCUT2D eigenvalue weighted by Crippen LogP contribution is 2.22. The van der Waals surface area contributed by atoms with Crippen LogP contribution in [0.5, 0.6) is 5.75 Å². The molecule has 4 heteroatoms. The first-order valence-electron chi connectivity index (χ1n) is 6.88. The first kappa shape index (κ1) is 16.2. The van der Waals surface area contributed by atoms with Crippen molar-refractivity contribution in [2.24, 2.45) is 0 Å². The van der Waals surface area contributed by atoms with Gasteiger partial charge in [0.15, 0.2) is 0 Å². The second kappa shape index (κ2) is 8.28. The van der Waals surface area contributed by atoms with Crippen molar-refractivity contribution < 1.29 is 4.74 Å². The van der Waals surface area contributed by atoms with Gasteiger partial charge in [-0.05, 0) is 30.2 Å². The summed E-state index contributed by atoms with van der Waals surface area (Å²) in [5.74, 6) is 1.39. The number of hydrogen-bond donors (Lipinski definition) is 1. The lowest BCUT2D eigenvalue weighted by molar-refractivity contribution is 0.405. The first-order chi connectivity index (χ1) is 10.2. The van der Waals surface area contributed by atoms with Crippen LogP contribution in [0.1, 0.15) is 11.1 Å². The lowest BCUT2D eigenvalue weighted by Crippen LogP contribution is -2.32. The van der Waals surface area contributed by atoms with E-state index in [1.54, 1.807) is 7.11 Å². The van der Waals surface area contributed by atoms with E-state index in [0.29, 0.717) is 17.4 Å². The zero-order valence-corrected chi connectivity index (χ0v) is 13.5. The number of benzene rings is 2. The van der Waals surface area contributed by atoms with Gasteiger partial charge in [-0.25, -0.2) is 0 Å². The number of rotatable bonds is 7. The Morgan fingerprint density at radius 1 is 1.14 bits per heavy atom. The molecule has 0 spiro atoms. The Morgan fingerprint density at radius 3 is 2.57 bits per heavy atom. The molecule has 0 radical (unpaired) electrons. The summed E-state index contributed by atoms with van der Waals surface area (Å²) in [6.45, 7) is 0.675. The Morgan fingerprint density at radius 2 is 1.90 bits per heavy atom. The molecule has 21 heavy (non-hydrogen) atoms. The van der Waals surface area contributed by atoms with Crippen LogP contribution in [0.4, 0.5) is 0 Å². The molecule has 0 saturated carbocycles. The lowest BCUT2D eigenvalue weighted by Gasteiger charge is -2.17. The third-order valence-corrected chi connectivity index (χ3v) is 3.94. The Labute approximate surface area is 136 Å². The summed E-state index contributed by atoms with van der Waals surface area (Å²) in [5, 5.41) is 4.17. The average Bonchev–Trinajstić information content (AvgIpc) is 2.52. The zero-order chi connectivity index (χ0) is 15.1. The topological polar surface area (TPSA) is 21.3 Å². The molecule has 1 N–H and O–H groups in total. The zero-order valence-electron chi connectivity index (χ0n) is 12.0. The van der Waals surface area contributed by atoms with Gasteiger partial charge in [-0.3, -0.25) is 0 Å². The SMILES string of the molecule is COc1ccc(Cl)cc1CNC(CCl)Cc1ccccc1. The monoisotopic (exact) mass is 323 g/mol. The van der Waals surface area contributed by atoms with Gasteiger partial charge >= 0.3 is 0 Å². The summed E-state index contributed by atoms with van der Waals surface area (Å²) in [7, 11) is 1.66. The summed E-state index contributed by atoms with van der Waals surface area (Å²) < 4.78 is 5.35. The van der Waals surface area contributed by atoms with Crippen LogP contribution in [-0.4, -0.2) is 19.0 Å². The van der Waals surface area contributed by atoms with Crippen LogP contribution >= 0.6 is 23.2 Å². The number of nitrogens with one attached hydrogen (secondary N) is 1. The Balaban J connectivity index is 1.98. The largest absolute Gasteiger partial charge is 0.496 e. The fourth-order valence-corrected chi connectivity index (χ4v) is 2.63. The molecular weight excluding hydrogens is 305 g/mol. The van der Waals surface area contributed by atoms with Crippen LogP contribution in [0.25, 0.3) is 0 Å². The van der Waals surface area contributed by atoms with E-state index in [0.717, 1.165) is 17.7 Å². The van der Waals surface area contributed by atoms with Gasteiger partial charge < -0.3 is 10.1 Å². The van der Waals surface area contributed by atoms with Gasteiger partial charge in [-0.1, -0.05) is 41.9 Å². The van der Waals surface area contributed by atoms with Gasteiger partial charge in [-0.15, -0.1) is 11.6 Å². The van der Waals surface area contributed by atoms with Crippen molar-refractivity contribution in [2.75, 3.05) is 13.0 Å². The summed E-state index contributed by atoms with van der Waals surface area (Å²) in [6, 6.07) is 16.2. The maximum absolute atomic E-state index is 6.07. The molecule has 0 aromatic heterocycles. The number of halogens is 2. The molecule has 0 heterocycles. The van der Waals surface area contributed by atoms with Crippen LogP contribution in [-0.2, 0) is 13.0 Å². The van der Waals surface area contributed by atoms with E-state index in [9.17, 15) is 0 Å². The first-order valence-corrected chi connectivity index (χ1v) is 7.80. The maximum Gasteiger partial charge on any atom is 0.123 e. The lowest BCUT2D eigenvalue weighted by atomic mass is 10.1. The number of methoxy groups -OCH3 is 1. The van der Waals surface area contributed by atoms with Crippen LogP contribution < -0.4 is 10.1 Å². The van der Waals surface area contributed by atoms with Crippen molar-refractivity contribution >= 4 is 23.2 Å². The fourth-order valence-electron chi connectivity index (χ4n) is 2.22. The van der Waals surface area contributed by atoms with Gasteiger partial charge in [0, 0.05) is 29.1 Å². The summed E-state index contributed by atoms with van der Waals surface area (Å²) in [6.07, 6.45) is 0.896. The normalized spacial score (nSPS) is 12.1. The highest BCUT2D eigenvalue weighted by Gasteiger charge is 2.10. The standard InChI is InChI=1S/C17H19Cl2NO/c1-21-17-8-7-15(19)10-14(17)12-20-16(11-18)9-13-5-3-2-4-6-13/h2-8,10,16,20H,9,11-12H2,1H3. The van der Waals surface area contributed by atoms with E-state index in [-0.39, 0.29) is 6.04 Å². The molecule has 0 bridgehead atoms. The van der Waals surface area contributed by atoms with Crippen molar-refractivity contribution in [3.63, 3.8) is 0 Å². The highest BCUT2D eigenvalue weighted by molar-refractivity contribution is 6.30. The molecule has 0 aliphatic carbocycles. The van der Waals surface area contributed by atoms with E-state index >= 15 is 0 Å². The number of ether oxygens (including phenoxy) is 1. The molecule has 2 nitrogen and oxygen atoms in total. The molecule has 1 atom stereocenters. The predicted molar refractivity (Wildman–Crippen MR) is 89.5 cm³/mol. The van der Waals surface area contributed by atoms with E-state index in [1.807, 2.05) is 36.4 Å². The quantitative estimate of drug-likeness (QED) is 0.767. The number of alkyl halides is 1. The Bertz CT molecular complexity index is 560. The van der Waals surface area contributed by atoms with Crippen LogP contribution in [0.2, 0.25) is 5.02 Å². The fraction of sp³-hybridized carbons (Fsp3) is 0.294. The van der Waals surface area contributed by atoms with Crippen molar-refractivity contribution in [1.29, 1.82) is 0 Å². The Hall–Kier alpha value is -1.22. The molecule has 0 aliphatic rings. The average molecular weight is 324 g/mol. The molecule has 2 rings (SSSR count). The summed E-state index contributed by atoms with van der Waals surface area (Å²) in [5.41, 5.74) is 2.31. The van der Waals surface area contributed by atoms with Crippen LogP contribution in [0.15, 0.2) is 48.5 Å². The van der Waals surface area contributed by atoms with Gasteiger partial charge in [0.1, 0.15) is 5.75 Å². The molecule has 0 fully saturated rings. The molecule has 0 aliphatic heterocycles. The van der Waals surface area contributed by atoms with E-state index in [1.165, 1.54) is 5.56 Å². The van der Waals surface area contributed by atoms with Gasteiger partial charge in [0.05, 0.1) is 7.11 Å². The van der Waals surface area contributed by atoms with Gasteiger partial charge in [0.25, 0.3) is 0 Å². The van der Waals surface area contributed by atoms with E-state index in [2.05, 4.69) is 17.4 Å². The van der Waals surface area contributed by atoms with Gasteiger partial charge in [-0.2, -0.15) is 0 Å². The van der Waals surface area contributed by atoms with Crippen molar-refractivity contribution in [2.45, 2.75) is 19.0 Å². The molecule has 112 valence electrons. The van der Waals surface area contributed by atoms with Crippen molar-refractivity contribution in [3.05, 3.63) is 64.7 Å². The van der Waals surface area contributed by atoms with Crippen LogP contribution in [0, 0.1) is 0 Å². The third kappa shape index (κ3) is 4.92. The molecule has 0 saturated heterocycles. The Kier molecular flexibility index (Phi) is 6.37. The molecule has 2 aromatic carbocycles. The molecule has 2 aromatic rings. The minimum absolute atomic E-state index is 0.206. The number of hydrogen-bond acceptors (Lipinski definition) is 2. The van der Waals surface area contributed by atoms with E-state index < -0.39 is 0 Å². The van der Waals surface area contributed by atoms with Crippen molar-refractivity contribution in [1.82, 2.24) is 5.32 Å². The minimum atomic E-state index is 0.206. The van der Waals surface area contributed by atoms with Gasteiger partial charge in [0.2, 0.25) is 0 Å². The second-order valence-corrected chi connectivity index (χ2v) is 5.62. The molecular formula is C17H19Cl2NO. The third-order valence-electron chi connectivity index (χ3n) is 3.33. The molecule has 0 amide bonds. The summed E-state index contributed by atoms with van der Waals surface area (Å²) >= 11 is 12.1. The molecule has 1 unspecified atom stereocenters. The minimum Gasteiger partial charge on any atom is -0.496 e.